The van der Waals surface area contributed by atoms with Crippen LogP contribution in [-0.2, 0) is 21.5 Å². The molecule has 1 aromatic rings. The Kier molecular flexibility index (Phi) is 12.5. The molecular weight excluding hydrogens is 314 g/mol. The van der Waals surface area contributed by atoms with Crippen LogP contribution in [0.25, 0.3) is 0 Å². The first-order valence-electron chi connectivity index (χ1n) is 7.89. The molecule has 0 fully saturated rings. The second-order valence-corrected chi connectivity index (χ2v) is 5.47. The van der Waals surface area contributed by atoms with E-state index >= 15 is 0 Å². The van der Waals surface area contributed by atoms with E-state index in [1.54, 1.807) is 0 Å². The van der Waals surface area contributed by atoms with Crippen LogP contribution in [0.4, 0.5) is 0 Å². The summed E-state index contributed by atoms with van der Waals surface area (Å²) >= 11 is 0. The number of carbonyl (C=O) groups is 2. The maximum absolute atomic E-state index is 10.1. The van der Waals surface area contributed by atoms with E-state index in [0.717, 1.165) is 19.3 Å². The SMILES string of the molecule is CC(=O)CCC(=O)O.CCc1ccccc1C(N)(CC)CC.Cl. The first kappa shape index (κ1) is 23.9. The summed E-state index contributed by atoms with van der Waals surface area (Å²) in [6.45, 7) is 7.89. The molecule has 0 aromatic heterocycles. The van der Waals surface area contributed by atoms with Crippen molar-refractivity contribution in [2.45, 2.75) is 65.3 Å². The predicted octanol–water partition coefficient (Wildman–Crippen LogP) is 4.09. The molecule has 0 amide bonds. The molecule has 132 valence electrons. The van der Waals surface area contributed by atoms with Crippen molar-refractivity contribution in [3.8, 4) is 0 Å². The minimum atomic E-state index is -0.916. The highest BCUT2D eigenvalue weighted by Gasteiger charge is 2.24. The number of carboxylic acid groups (broad SMARTS) is 1. The van der Waals surface area contributed by atoms with Crippen LogP contribution in [0.15, 0.2) is 24.3 Å². The summed E-state index contributed by atoms with van der Waals surface area (Å²) in [5, 5.41) is 8.01. The largest absolute Gasteiger partial charge is 0.481 e. The standard InChI is InChI=1S/C13H21N.C5H8O3.ClH/c1-4-11-9-7-8-10-12(11)13(14,5-2)6-3;1-4(6)2-3-5(7)8;/h7-10H,4-6,14H2,1-3H3;2-3H2,1H3,(H,7,8);1H. The van der Waals surface area contributed by atoms with Gasteiger partial charge in [0.15, 0.2) is 0 Å². The molecule has 0 unspecified atom stereocenters. The molecule has 0 saturated carbocycles. The Hall–Kier alpha value is -1.39. The third-order valence-corrected chi connectivity index (χ3v) is 3.89. The monoisotopic (exact) mass is 343 g/mol. The highest BCUT2D eigenvalue weighted by atomic mass is 35.5. The number of nitrogens with two attached hydrogens (primary N) is 1. The first-order valence-corrected chi connectivity index (χ1v) is 7.89. The predicted molar refractivity (Wildman–Crippen MR) is 97.1 cm³/mol. The van der Waals surface area contributed by atoms with Gasteiger partial charge in [-0.05, 0) is 37.3 Å². The van der Waals surface area contributed by atoms with Crippen molar-refractivity contribution in [3.05, 3.63) is 35.4 Å². The molecule has 0 atom stereocenters. The zero-order chi connectivity index (χ0) is 17.2. The number of benzene rings is 1. The minimum absolute atomic E-state index is 0. The van der Waals surface area contributed by atoms with Gasteiger partial charge in [0.05, 0.1) is 6.42 Å². The third-order valence-electron chi connectivity index (χ3n) is 3.89. The molecule has 0 radical (unpaired) electrons. The van der Waals surface area contributed by atoms with Gasteiger partial charge < -0.3 is 15.6 Å². The van der Waals surface area contributed by atoms with Gasteiger partial charge in [0, 0.05) is 12.0 Å². The number of carbonyl (C=O) groups excluding carboxylic acids is 1. The van der Waals surface area contributed by atoms with Crippen molar-refractivity contribution < 1.29 is 14.7 Å². The van der Waals surface area contributed by atoms with Crippen LogP contribution >= 0.6 is 12.4 Å². The molecule has 0 saturated heterocycles. The van der Waals surface area contributed by atoms with Crippen molar-refractivity contribution in [1.29, 1.82) is 0 Å². The molecule has 1 aromatic carbocycles. The second-order valence-electron chi connectivity index (χ2n) is 5.47. The fourth-order valence-electron chi connectivity index (χ4n) is 2.23. The summed E-state index contributed by atoms with van der Waals surface area (Å²) < 4.78 is 0. The number of rotatable bonds is 7. The van der Waals surface area contributed by atoms with Crippen LogP contribution < -0.4 is 5.73 Å². The molecule has 0 heterocycles. The highest BCUT2D eigenvalue weighted by Crippen LogP contribution is 2.28. The van der Waals surface area contributed by atoms with Gasteiger partial charge in [0.1, 0.15) is 5.78 Å². The van der Waals surface area contributed by atoms with E-state index in [2.05, 4.69) is 45.0 Å². The van der Waals surface area contributed by atoms with E-state index in [1.165, 1.54) is 18.1 Å². The van der Waals surface area contributed by atoms with Crippen molar-refractivity contribution in [3.63, 3.8) is 0 Å². The van der Waals surface area contributed by atoms with Crippen LogP contribution in [0.3, 0.4) is 0 Å². The molecule has 4 nitrogen and oxygen atoms in total. The van der Waals surface area contributed by atoms with Gasteiger partial charge in [-0.25, -0.2) is 0 Å². The summed E-state index contributed by atoms with van der Waals surface area (Å²) in [4.78, 5) is 19.8. The molecule has 3 N–H and O–H groups in total. The lowest BCUT2D eigenvalue weighted by atomic mass is 9.82. The van der Waals surface area contributed by atoms with Gasteiger partial charge in [0.2, 0.25) is 0 Å². The van der Waals surface area contributed by atoms with Crippen molar-refractivity contribution in [1.82, 2.24) is 0 Å². The quantitative estimate of drug-likeness (QED) is 0.781. The summed E-state index contributed by atoms with van der Waals surface area (Å²) in [5.74, 6) is -0.993. The van der Waals surface area contributed by atoms with E-state index in [0.29, 0.717) is 0 Å². The molecule has 0 spiro atoms. The van der Waals surface area contributed by atoms with Crippen LogP contribution in [0.5, 0.6) is 0 Å². The number of ketones is 1. The average molecular weight is 344 g/mol. The Morgan fingerprint density at radius 2 is 1.61 bits per heavy atom. The Balaban J connectivity index is 0. The summed E-state index contributed by atoms with van der Waals surface area (Å²) in [6.07, 6.45) is 3.17. The Labute approximate surface area is 145 Å². The number of aliphatic carboxylic acids is 1. The van der Waals surface area contributed by atoms with Crippen LogP contribution in [-0.4, -0.2) is 16.9 Å². The zero-order valence-corrected chi connectivity index (χ0v) is 15.4. The zero-order valence-electron chi connectivity index (χ0n) is 14.6. The van der Waals surface area contributed by atoms with Crippen molar-refractivity contribution in [2.24, 2.45) is 5.73 Å². The highest BCUT2D eigenvalue weighted by molar-refractivity contribution is 5.85. The molecule has 0 aliphatic carbocycles. The molecule has 0 aliphatic rings. The second kappa shape index (κ2) is 12.1. The number of aryl methyl sites for hydroxylation is 1. The van der Waals surface area contributed by atoms with E-state index in [9.17, 15) is 9.59 Å². The maximum atomic E-state index is 10.1. The molecular formula is C18H30ClNO3. The van der Waals surface area contributed by atoms with Crippen LogP contribution in [0.2, 0.25) is 0 Å². The maximum Gasteiger partial charge on any atom is 0.303 e. The molecule has 5 heteroatoms. The fraction of sp³-hybridized carbons (Fsp3) is 0.556. The number of halogens is 1. The van der Waals surface area contributed by atoms with Gasteiger partial charge in [-0.1, -0.05) is 45.0 Å². The topological polar surface area (TPSA) is 80.4 Å². The molecule has 1 rings (SSSR count). The average Bonchev–Trinajstić information content (AvgIpc) is 2.52. The van der Waals surface area contributed by atoms with E-state index in [4.69, 9.17) is 10.8 Å². The number of Topliss-reactive ketones (excluding diaryl/α,β-unsaturated/α-hetero) is 1. The number of hydrogen-bond donors (Lipinski definition) is 2. The van der Waals surface area contributed by atoms with Gasteiger partial charge in [-0.3, -0.25) is 4.79 Å². The summed E-state index contributed by atoms with van der Waals surface area (Å²) in [7, 11) is 0. The summed E-state index contributed by atoms with van der Waals surface area (Å²) in [6, 6.07) is 8.53. The van der Waals surface area contributed by atoms with E-state index in [-0.39, 0.29) is 36.6 Å². The lowest BCUT2D eigenvalue weighted by Crippen LogP contribution is -2.36. The lowest BCUT2D eigenvalue weighted by Gasteiger charge is -2.29. The van der Waals surface area contributed by atoms with Crippen molar-refractivity contribution >= 4 is 24.2 Å². The molecule has 0 aliphatic heterocycles. The molecule has 23 heavy (non-hydrogen) atoms. The van der Waals surface area contributed by atoms with Gasteiger partial charge in [0.25, 0.3) is 0 Å². The van der Waals surface area contributed by atoms with Crippen molar-refractivity contribution in [2.75, 3.05) is 0 Å². The molecule has 0 bridgehead atoms. The van der Waals surface area contributed by atoms with E-state index in [1.807, 2.05) is 0 Å². The lowest BCUT2D eigenvalue weighted by molar-refractivity contribution is -0.138. The fourth-order valence-corrected chi connectivity index (χ4v) is 2.23. The van der Waals surface area contributed by atoms with Gasteiger partial charge in [-0.2, -0.15) is 0 Å². The minimum Gasteiger partial charge on any atom is -0.481 e. The first-order chi connectivity index (χ1) is 10.3. The van der Waals surface area contributed by atoms with Gasteiger partial charge >= 0.3 is 5.97 Å². The Morgan fingerprint density at radius 3 is 1.96 bits per heavy atom. The number of carboxylic acids is 1. The smallest absolute Gasteiger partial charge is 0.303 e. The Bertz CT molecular complexity index is 471. The Morgan fingerprint density at radius 1 is 1.09 bits per heavy atom. The van der Waals surface area contributed by atoms with Gasteiger partial charge in [-0.15, -0.1) is 12.4 Å². The third kappa shape index (κ3) is 8.72. The number of hydrogen-bond acceptors (Lipinski definition) is 3. The summed E-state index contributed by atoms with van der Waals surface area (Å²) in [5.41, 5.74) is 8.98. The van der Waals surface area contributed by atoms with Crippen LogP contribution in [0.1, 0.15) is 64.5 Å². The normalized spacial score (nSPS) is 10.1. The van der Waals surface area contributed by atoms with Crippen LogP contribution in [0, 0.1) is 0 Å². The van der Waals surface area contributed by atoms with E-state index < -0.39 is 5.97 Å².